The molecular formula is C22H27ClFN3O4S. The van der Waals surface area contributed by atoms with Gasteiger partial charge in [0.1, 0.15) is 16.5 Å². The van der Waals surface area contributed by atoms with E-state index < -0.39 is 27.8 Å². The molecule has 7 nitrogen and oxygen atoms in total. The predicted octanol–water partition coefficient (Wildman–Crippen LogP) is 3.73. The first-order valence-electron chi connectivity index (χ1n) is 10.9. The lowest BCUT2D eigenvalue weighted by Gasteiger charge is -2.29. The molecule has 1 aromatic carbocycles. The molecule has 0 spiro atoms. The fourth-order valence-corrected chi connectivity index (χ4v) is 6.44. The molecule has 32 heavy (non-hydrogen) atoms. The van der Waals surface area contributed by atoms with Gasteiger partial charge in [-0.2, -0.15) is 4.31 Å². The number of carbonyl (C=O) groups is 1. The molecule has 1 unspecified atom stereocenters. The van der Waals surface area contributed by atoms with Gasteiger partial charge in [-0.05, 0) is 57.8 Å². The van der Waals surface area contributed by atoms with E-state index in [0.29, 0.717) is 23.7 Å². The van der Waals surface area contributed by atoms with Crippen LogP contribution < -0.4 is 5.32 Å². The zero-order valence-corrected chi connectivity index (χ0v) is 19.5. The van der Waals surface area contributed by atoms with Crippen molar-refractivity contribution in [3.63, 3.8) is 0 Å². The summed E-state index contributed by atoms with van der Waals surface area (Å²) in [7, 11) is -3.70. The summed E-state index contributed by atoms with van der Waals surface area (Å²) in [5.74, 6) is -0.875. The summed E-state index contributed by atoms with van der Waals surface area (Å²) >= 11 is 6.30. The third kappa shape index (κ3) is 4.57. The van der Waals surface area contributed by atoms with E-state index in [1.54, 1.807) is 12.1 Å². The maximum atomic E-state index is 14.6. The van der Waals surface area contributed by atoms with Crippen LogP contribution in [0.25, 0.3) is 0 Å². The number of likely N-dealkylation sites (tertiary alicyclic amines) is 1. The second-order valence-electron chi connectivity index (χ2n) is 8.25. The van der Waals surface area contributed by atoms with Crippen LogP contribution in [0.1, 0.15) is 53.6 Å². The van der Waals surface area contributed by atoms with Crippen LogP contribution in [0.2, 0.25) is 5.02 Å². The Labute approximate surface area is 192 Å². The van der Waals surface area contributed by atoms with Gasteiger partial charge in [0.2, 0.25) is 10.0 Å². The number of halogens is 2. The van der Waals surface area contributed by atoms with Crippen molar-refractivity contribution in [2.24, 2.45) is 0 Å². The van der Waals surface area contributed by atoms with Gasteiger partial charge in [-0.1, -0.05) is 17.7 Å². The fraction of sp³-hybridized carbons (Fsp3) is 0.500. The molecule has 2 aromatic rings. The van der Waals surface area contributed by atoms with Crippen molar-refractivity contribution < 1.29 is 22.0 Å². The average molecular weight is 484 g/mol. The number of aryl methyl sites for hydroxylation is 1. The molecule has 1 amide bonds. The molecule has 3 heterocycles. The zero-order valence-electron chi connectivity index (χ0n) is 17.9. The van der Waals surface area contributed by atoms with E-state index in [0.717, 1.165) is 38.8 Å². The van der Waals surface area contributed by atoms with E-state index in [1.165, 1.54) is 23.4 Å². The largest absolute Gasteiger partial charge is 0.455 e. The van der Waals surface area contributed by atoms with Crippen LogP contribution >= 0.6 is 11.6 Å². The summed E-state index contributed by atoms with van der Waals surface area (Å²) in [5, 5.41) is 3.09. The number of hydrogen-bond donors (Lipinski definition) is 1. The van der Waals surface area contributed by atoms with Crippen LogP contribution in [-0.2, 0) is 10.0 Å². The molecule has 1 atom stereocenters. The van der Waals surface area contributed by atoms with E-state index in [4.69, 9.17) is 16.0 Å². The molecule has 174 valence electrons. The molecule has 2 aliphatic heterocycles. The first-order chi connectivity index (χ1) is 15.3. The summed E-state index contributed by atoms with van der Waals surface area (Å²) in [6.45, 7) is 4.15. The first-order valence-corrected chi connectivity index (χ1v) is 12.7. The highest BCUT2D eigenvalue weighted by Gasteiger charge is 2.32. The second kappa shape index (κ2) is 9.51. The molecule has 10 heteroatoms. The normalized spacial score (nSPS) is 18.8. The lowest BCUT2D eigenvalue weighted by Crippen LogP contribution is -2.37. The van der Waals surface area contributed by atoms with Gasteiger partial charge in [0.05, 0.1) is 6.04 Å². The first kappa shape index (κ1) is 23.2. The predicted molar refractivity (Wildman–Crippen MR) is 119 cm³/mol. The molecule has 0 radical (unpaired) electrons. The van der Waals surface area contributed by atoms with E-state index in [1.807, 2.05) is 0 Å². The molecule has 2 saturated heterocycles. The van der Waals surface area contributed by atoms with Crippen molar-refractivity contribution in [2.45, 2.75) is 43.5 Å². The lowest BCUT2D eigenvalue weighted by atomic mass is 10.0. The van der Waals surface area contributed by atoms with Crippen LogP contribution in [-0.4, -0.2) is 56.3 Å². The number of nitrogens with one attached hydrogen (secondary N) is 1. The number of benzene rings is 1. The van der Waals surface area contributed by atoms with E-state index in [-0.39, 0.29) is 23.0 Å². The maximum Gasteiger partial charge on any atom is 0.287 e. The number of hydrogen-bond acceptors (Lipinski definition) is 5. The highest BCUT2D eigenvalue weighted by molar-refractivity contribution is 7.89. The van der Waals surface area contributed by atoms with Crippen molar-refractivity contribution in [3.8, 4) is 0 Å². The topological polar surface area (TPSA) is 82.9 Å². The van der Waals surface area contributed by atoms with Crippen molar-refractivity contribution in [2.75, 3.05) is 32.7 Å². The second-order valence-corrected chi connectivity index (χ2v) is 10.6. The summed E-state index contributed by atoms with van der Waals surface area (Å²) in [6.07, 6.45) is 3.62. The summed E-state index contributed by atoms with van der Waals surface area (Å²) in [4.78, 5) is 14.9. The Hall–Kier alpha value is -1.94. The Balaban J connectivity index is 1.53. The third-order valence-corrected chi connectivity index (χ3v) is 8.48. The van der Waals surface area contributed by atoms with E-state index in [2.05, 4.69) is 10.2 Å². The molecular weight excluding hydrogens is 457 g/mol. The molecule has 2 fully saturated rings. The van der Waals surface area contributed by atoms with Gasteiger partial charge in [0.15, 0.2) is 5.76 Å². The SMILES string of the molecule is Cc1oc(C(=O)NCC(c2c(F)cccc2Cl)N2CCCC2)cc1S(=O)(=O)N1CCCC1. The highest BCUT2D eigenvalue weighted by Crippen LogP contribution is 2.32. The van der Waals surface area contributed by atoms with Crippen LogP contribution in [0.5, 0.6) is 0 Å². The monoisotopic (exact) mass is 483 g/mol. The number of rotatable bonds is 7. The molecule has 1 N–H and O–H groups in total. The lowest BCUT2D eigenvalue weighted by molar-refractivity contribution is 0.0908. The van der Waals surface area contributed by atoms with E-state index >= 15 is 0 Å². The minimum absolute atomic E-state index is 0.0118. The molecule has 2 aliphatic rings. The molecule has 0 saturated carbocycles. The summed E-state index contributed by atoms with van der Waals surface area (Å²) in [5.41, 5.74) is 0.351. The zero-order chi connectivity index (χ0) is 22.9. The van der Waals surface area contributed by atoms with Gasteiger partial charge >= 0.3 is 0 Å². The number of furan rings is 1. The Morgan fingerprint density at radius 3 is 2.50 bits per heavy atom. The molecule has 4 rings (SSSR count). The highest BCUT2D eigenvalue weighted by atomic mass is 35.5. The average Bonchev–Trinajstić information content (AvgIpc) is 3.52. The number of nitrogens with zero attached hydrogens (tertiary/aromatic N) is 2. The van der Waals surface area contributed by atoms with Crippen molar-refractivity contribution in [3.05, 3.63) is 52.2 Å². The van der Waals surface area contributed by atoms with Crippen molar-refractivity contribution >= 4 is 27.5 Å². The quantitative estimate of drug-likeness (QED) is 0.648. The van der Waals surface area contributed by atoms with Gasteiger partial charge in [0.25, 0.3) is 5.91 Å². The van der Waals surface area contributed by atoms with Crippen LogP contribution in [0.3, 0.4) is 0 Å². The Bertz CT molecular complexity index is 1070. The van der Waals surface area contributed by atoms with Gasteiger partial charge in [-0.25, -0.2) is 12.8 Å². The van der Waals surface area contributed by atoms with Gasteiger partial charge in [-0.3, -0.25) is 9.69 Å². The van der Waals surface area contributed by atoms with Crippen molar-refractivity contribution in [1.29, 1.82) is 0 Å². The Morgan fingerprint density at radius 1 is 1.19 bits per heavy atom. The Morgan fingerprint density at radius 2 is 1.84 bits per heavy atom. The number of amides is 1. The van der Waals surface area contributed by atoms with Crippen LogP contribution in [0.15, 0.2) is 33.6 Å². The Kier molecular flexibility index (Phi) is 6.90. The number of sulfonamides is 1. The summed E-state index contributed by atoms with van der Waals surface area (Å²) in [6, 6.07) is 5.39. The van der Waals surface area contributed by atoms with Crippen LogP contribution in [0.4, 0.5) is 4.39 Å². The smallest absolute Gasteiger partial charge is 0.287 e. The summed E-state index contributed by atoms with van der Waals surface area (Å²) < 4.78 is 47.3. The minimum atomic E-state index is -3.70. The molecule has 0 aliphatic carbocycles. The fourth-order valence-electron chi connectivity index (χ4n) is 4.47. The maximum absolute atomic E-state index is 14.6. The molecule has 1 aromatic heterocycles. The third-order valence-electron chi connectivity index (χ3n) is 6.15. The molecule has 0 bridgehead atoms. The van der Waals surface area contributed by atoms with Gasteiger partial charge in [0, 0.05) is 36.3 Å². The van der Waals surface area contributed by atoms with Gasteiger partial charge in [-0.15, -0.1) is 0 Å². The van der Waals surface area contributed by atoms with Gasteiger partial charge < -0.3 is 9.73 Å². The van der Waals surface area contributed by atoms with Crippen LogP contribution in [0, 0.1) is 12.7 Å². The van der Waals surface area contributed by atoms with Crippen molar-refractivity contribution in [1.82, 2.24) is 14.5 Å². The number of carbonyl (C=O) groups excluding carboxylic acids is 1. The standard InChI is InChI=1S/C22H27ClFN3O4S/c1-15-20(32(29,30)27-11-4-5-12-27)13-19(31-15)22(28)25-14-18(26-9-2-3-10-26)21-16(23)7-6-8-17(21)24/h6-8,13,18H,2-5,9-12,14H2,1H3,(H,25,28). The minimum Gasteiger partial charge on any atom is -0.455 e. The van der Waals surface area contributed by atoms with E-state index in [9.17, 15) is 17.6 Å².